The van der Waals surface area contributed by atoms with E-state index >= 15 is 0 Å². The van der Waals surface area contributed by atoms with Crippen LogP contribution in [0.1, 0.15) is 13.8 Å². The molecular weight excluding hydrogens is 128 g/mol. The van der Waals surface area contributed by atoms with Crippen molar-refractivity contribution in [2.24, 2.45) is 11.7 Å². The molecule has 0 aliphatic rings. The molecule has 3 nitrogen and oxygen atoms in total. The average molecular weight is 144 g/mol. The highest BCUT2D eigenvalue weighted by Crippen LogP contribution is 2.02. The Morgan fingerprint density at radius 3 is 1.90 bits per heavy atom. The third-order valence-corrected chi connectivity index (χ3v) is 1.62. The molecule has 0 heterocycles. The van der Waals surface area contributed by atoms with E-state index in [1.165, 1.54) is 0 Å². The van der Waals surface area contributed by atoms with E-state index < -0.39 is 0 Å². The number of hydrogen-bond acceptors (Lipinski definition) is 2. The number of carbonyl (C=O) groups excluding carboxylic acids is 1. The molecule has 0 spiro atoms. The fourth-order valence-electron chi connectivity index (χ4n) is 0.632. The van der Waals surface area contributed by atoms with Crippen molar-refractivity contribution in [2.45, 2.75) is 19.9 Å². The Hall–Kier alpha value is -0.570. The highest BCUT2D eigenvalue weighted by atomic mass is 16.2. The van der Waals surface area contributed by atoms with Gasteiger partial charge in [0.2, 0.25) is 5.91 Å². The summed E-state index contributed by atoms with van der Waals surface area (Å²) >= 11 is 0. The van der Waals surface area contributed by atoms with Gasteiger partial charge in [0.15, 0.2) is 0 Å². The molecular formula is C7H16N2O. The van der Waals surface area contributed by atoms with Crippen molar-refractivity contribution in [1.29, 1.82) is 0 Å². The van der Waals surface area contributed by atoms with Gasteiger partial charge in [-0.25, -0.2) is 0 Å². The highest BCUT2D eigenvalue weighted by Gasteiger charge is 2.17. The maximum atomic E-state index is 11.1. The Morgan fingerprint density at radius 1 is 1.40 bits per heavy atom. The summed E-state index contributed by atoms with van der Waals surface area (Å²) in [6.07, 6.45) is 0. The zero-order valence-corrected chi connectivity index (χ0v) is 7.09. The SMILES string of the molecule is CC(N)C(C)C(=O)N(C)C. The lowest BCUT2D eigenvalue weighted by Gasteiger charge is -2.19. The molecule has 0 aromatic rings. The van der Waals surface area contributed by atoms with Crippen LogP contribution in [0.15, 0.2) is 0 Å². The molecule has 10 heavy (non-hydrogen) atoms. The van der Waals surface area contributed by atoms with E-state index in [4.69, 9.17) is 5.73 Å². The Bertz CT molecular complexity index is 121. The van der Waals surface area contributed by atoms with Crippen molar-refractivity contribution in [3.05, 3.63) is 0 Å². The van der Waals surface area contributed by atoms with E-state index in [-0.39, 0.29) is 17.9 Å². The molecule has 2 N–H and O–H groups in total. The van der Waals surface area contributed by atoms with Gasteiger partial charge in [0.1, 0.15) is 0 Å². The van der Waals surface area contributed by atoms with E-state index in [1.54, 1.807) is 19.0 Å². The van der Waals surface area contributed by atoms with Crippen LogP contribution < -0.4 is 5.73 Å². The van der Waals surface area contributed by atoms with E-state index in [0.29, 0.717) is 0 Å². The molecule has 2 unspecified atom stereocenters. The summed E-state index contributed by atoms with van der Waals surface area (Å²) in [4.78, 5) is 12.7. The van der Waals surface area contributed by atoms with Crippen LogP contribution in [0.5, 0.6) is 0 Å². The van der Waals surface area contributed by atoms with Gasteiger partial charge in [-0.3, -0.25) is 4.79 Å². The summed E-state index contributed by atoms with van der Waals surface area (Å²) < 4.78 is 0. The van der Waals surface area contributed by atoms with Crippen LogP contribution in [0.25, 0.3) is 0 Å². The van der Waals surface area contributed by atoms with Gasteiger partial charge in [-0.05, 0) is 6.92 Å². The summed E-state index contributed by atoms with van der Waals surface area (Å²) in [7, 11) is 3.47. The summed E-state index contributed by atoms with van der Waals surface area (Å²) in [5, 5.41) is 0. The molecule has 0 rings (SSSR count). The Balaban J connectivity index is 3.95. The van der Waals surface area contributed by atoms with Crippen LogP contribution >= 0.6 is 0 Å². The van der Waals surface area contributed by atoms with E-state index in [9.17, 15) is 4.79 Å². The lowest BCUT2D eigenvalue weighted by molar-refractivity contribution is -0.132. The van der Waals surface area contributed by atoms with Crippen LogP contribution in [-0.4, -0.2) is 30.9 Å². The topological polar surface area (TPSA) is 46.3 Å². The van der Waals surface area contributed by atoms with Gasteiger partial charge in [0.05, 0.1) is 5.92 Å². The average Bonchev–Trinajstić information content (AvgIpc) is 1.84. The second kappa shape index (κ2) is 3.56. The predicted octanol–water partition coefficient (Wildman–Crippen LogP) is 0.0579. The van der Waals surface area contributed by atoms with Crippen molar-refractivity contribution in [2.75, 3.05) is 14.1 Å². The largest absolute Gasteiger partial charge is 0.349 e. The molecule has 60 valence electrons. The molecule has 0 radical (unpaired) electrons. The lowest BCUT2D eigenvalue weighted by Crippen LogP contribution is -2.37. The Morgan fingerprint density at radius 2 is 1.80 bits per heavy atom. The zero-order valence-electron chi connectivity index (χ0n) is 7.09. The Kier molecular flexibility index (Phi) is 3.36. The van der Waals surface area contributed by atoms with Crippen molar-refractivity contribution >= 4 is 5.91 Å². The smallest absolute Gasteiger partial charge is 0.226 e. The molecule has 0 fully saturated rings. The van der Waals surface area contributed by atoms with Crippen LogP contribution in [0.3, 0.4) is 0 Å². The normalized spacial score (nSPS) is 16.1. The van der Waals surface area contributed by atoms with E-state index in [1.807, 2.05) is 13.8 Å². The molecule has 2 atom stereocenters. The van der Waals surface area contributed by atoms with Gasteiger partial charge in [0, 0.05) is 20.1 Å². The molecule has 3 heteroatoms. The van der Waals surface area contributed by atoms with Crippen molar-refractivity contribution < 1.29 is 4.79 Å². The third kappa shape index (κ3) is 2.35. The second-order valence-electron chi connectivity index (χ2n) is 2.88. The molecule has 1 amide bonds. The van der Waals surface area contributed by atoms with Gasteiger partial charge in [0.25, 0.3) is 0 Å². The third-order valence-electron chi connectivity index (χ3n) is 1.62. The van der Waals surface area contributed by atoms with Crippen LogP contribution in [0.4, 0.5) is 0 Å². The summed E-state index contributed by atoms with van der Waals surface area (Å²) in [5.41, 5.74) is 5.53. The maximum Gasteiger partial charge on any atom is 0.226 e. The fraction of sp³-hybridized carbons (Fsp3) is 0.857. The first-order valence-electron chi connectivity index (χ1n) is 3.43. The summed E-state index contributed by atoms with van der Waals surface area (Å²) in [6, 6.07) is -0.0603. The molecule has 0 bridgehead atoms. The number of amides is 1. The van der Waals surface area contributed by atoms with Crippen LogP contribution in [0.2, 0.25) is 0 Å². The number of hydrogen-bond donors (Lipinski definition) is 1. The minimum atomic E-state index is -0.0741. The van der Waals surface area contributed by atoms with Gasteiger partial charge >= 0.3 is 0 Å². The van der Waals surface area contributed by atoms with Crippen LogP contribution in [-0.2, 0) is 4.79 Å². The quantitative estimate of drug-likeness (QED) is 0.595. The number of carbonyl (C=O) groups is 1. The lowest BCUT2D eigenvalue weighted by atomic mass is 10.0. The second-order valence-corrected chi connectivity index (χ2v) is 2.88. The monoisotopic (exact) mass is 144 g/mol. The van der Waals surface area contributed by atoms with Gasteiger partial charge in [-0.15, -0.1) is 0 Å². The van der Waals surface area contributed by atoms with Crippen molar-refractivity contribution in [3.8, 4) is 0 Å². The molecule has 0 aromatic carbocycles. The minimum absolute atomic E-state index is 0.0603. The van der Waals surface area contributed by atoms with E-state index in [0.717, 1.165) is 0 Å². The zero-order chi connectivity index (χ0) is 8.31. The number of nitrogens with zero attached hydrogens (tertiary/aromatic N) is 1. The van der Waals surface area contributed by atoms with Gasteiger partial charge in [-0.1, -0.05) is 6.92 Å². The highest BCUT2D eigenvalue weighted by molar-refractivity contribution is 5.78. The first kappa shape index (κ1) is 9.43. The standard InChI is InChI=1S/C7H16N2O/c1-5(6(2)8)7(10)9(3)4/h5-6H,8H2,1-4H3. The minimum Gasteiger partial charge on any atom is -0.349 e. The number of rotatable bonds is 2. The molecule has 0 aliphatic heterocycles. The van der Waals surface area contributed by atoms with Crippen molar-refractivity contribution in [1.82, 2.24) is 4.90 Å². The molecule has 0 aliphatic carbocycles. The maximum absolute atomic E-state index is 11.1. The van der Waals surface area contributed by atoms with Crippen molar-refractivity contribution in [3.63, 3.8) is 0 Å². The fourth-order valence-corrected chi connectivity index (χ4v) is 0.632. The number of nitrogens with two attached hydrogens (primary N) is 1. The predicted molar refractivity (Wildman–Crippen MR) is 41.5 cm³/mol. The molecule has 0 saturated heterocycles. The summed E-state index contributed by atoms with van der Waals surface area (Å²) in [6.45, 7) is 3.68. The first-order valence-corrected chi connectivity index (χ1v) is 3.43. The van der Waals surface area contributed by atoms with Gasteiger partial charge in [-0.2, -0.15) is 0 Å². The first-order chi connectivity index (χ1) is 4.46. The van der Waals surface area contributed by atoms with E-state index in [2.05, 4.69) is 0 Å². The molecule has 0 saturated carbocycles. The van der Waals surface area contributed by atoms with Crippen LogP contribution in [0, 0.1) is 5.92 Å². The Labute approximate surface area is 62.2 Å². The van der Waals surface area contributed by atoms with Gasteiger partial charge < -0.3 is 10.6 Å². The summed E-state index contributed by atoms with van der Waals surface area (Å²) in [5.74, 6) is 0.0185. The molecule has 0 aromatic heterocycles.